The van der Waals surface area contributed by atoms with Gasteiger partial charge >= 0.3 is 0 Å². The lowest BCUT2D eigenvalue weighted by Gasteiger charge is -2.31. The summed E-state index contributed by atoms with van der Waals surface area (Å²) in [5.41, 5.74) is 2.81. The molecule has 0 bridgehead atoms. The van der Waals surface area contributed by atoms with Crippen molar-refractivity contribution in [3.63, 3.8) is 0 Å². The van der Waals surface area contributed by atoms with Crippen LogP contribution in [-0.2, 0) is 5.41 Å². The number of thioether (sulfide) groups is 1. The van der Waals surface area contributed by atoms with Crippen molar-refractivity contribution in [1.82, 2.24) is 20.2 Å². The number of halogens is 1. The molecule has 1 aromatic heterocycles. The standard InChI is InChI=1S/C23H33ClN4OS/c1-7-28(8-2)19(16-10-12-17(13-11-16)23(4,5)6)15-25-21(29)20-18(24)14-26-22(27-20)30-9-3/h10-14,19H,7-9,15H2,1-6H3,(H,25,29). The average molecular weight is 449 g/mol. The summed E-state index contributed by atoms with van der Waals surface area (Å²) in [6, 6.07) is 8.78. The Labute approximate surface area is 190 Å². The van der Waals surface area contributed by atoms with E-state index in [0.717, 1.165) is 18.8 Å². The number of amides is 1. The highest BCUT2D eigenvalue weighted by Crippen LogP contribution is 2.26. The minimum atomic E-state index is -0.274. The fraction of sp³-hybridized carbons (Fsp3) is 0.522. The van der Waals surface area contributed by atoms with Crippen LogP contribution < -0.4 is 5.32 Å². The van der Waals surface area contributed by atoms with Gasteiger partial charge in [-0.2, -0.15) is 0 Å². The molecule has 5 nitrogen and oxygen atoms in total. The van der Waals surface area contributed by atoms with Crippen molar-refractivity contribution < 1.29 is 4.79 Å². The highest BCUT2D eigenvalue weighted by molar-refractivity contribution is 7.99. The van der Waals surface area contributed by atoms with E-state index in [1.807, 2.05) is 6.92 Å². The van der Waals surface area contributed by atoms with Gasteiger partial charge in [-0.15, -0.1) is 0 Å². The SMILES string of the molecule is CCSc1ncc(Cl)c(C(=O)NCC(c2ccc(C(C)(C)C)cc2)N(CC)CC)n1. The number of benzene rings is 1. The van der Waals surface area contributed by atoms with E-state index in [-0.39, 0.29) is 28.1 Å². The maximum Gasteiger partial charge on any atom is 0.271 e. The molecule has 7 heteroatoms. The van der Waals surface area contributed by atoms with E-state index in [9.17, 15) is 4.79 Å². The van der Waals surface area contributed by atoms with Gasteiger partial charge in [0.25, 0.3) is 5.91 Å². The molecule has 0 aliphatic carbocycles. The third-order valence-electron chi connectivity index (χ3n) is 5.08. The molecule has 2 rings (SSSR count). The minimum Gasteiger partial charge on any atom is -0.349 e. The predicted molar refractivity (Wildman–Crippen MR) is 127 cm³/mol. The van der Waals surface area contributed by atoms with Gasteiger partial charge in [-0.25, -0.2) is 9.97 Å². The number of carbonyl (C=O) groups is 1. The lowest BCUT2D eigenvalue weighted by molar-refractivity contribution is 0.0929. The van der Waals surface area contributed by atoms with Crippen molar-refractivity contribution in [2.75, 3.05) is 25.4 Å². The van der Waals surface area contributed by atoms with Crippen molar-refractivity contribution in [1.29, 1.82) is 0 Å². The summed E-state index contributed by atoms with van der Waals surface area (Å²) in [7, 11) is 0. The number of carbonyl (C=O) groups excluding carboxylic acids is 1. The third-order valence-corrected chi connectivity index (χ3v) is 6.10. The number of nitrogens with zero attached hydrogens (tertiary/aromatic N) is 3. The highest BCUT2D eigenvalue weighted by Gasteiger charge is 2.22. The Morgan fingerprint density at radius 1 is 1.17 bits per heavy atom. The first-order valence-corrected chi connectivity index (χ1v) is 11.9. The molecule has 164 valence electrons. The number of rotatable bonds is 9. The van der Waals surface area contributed by atoms with Crippen LogP contribution in [0.5, 0.6) is 0 Å². The van der Waals surface area contributed by atoms with Crippen LogP contribution in [0, 0.1) is 0 Å². The predicted octanol–water partition coefficient (Wildman–Crippen LogP) is 5.35. The Morgan fingerprint density at radius 2 is 1.80 bits per heavy atom. The molecule has 0 fully saturated rings. The molecule has 0 saturated carbocycles. The van der Waals surface area contributed by atoms with E-state index >= 15 is 0 Å². The third kappa shape index (κ3) is 6.43. The quantitative estimate of drug-likeness (QED) is 0.413. The number of nitrogens with one attached hydrogen (secondary N) is 1. The van der Waals surface area contributed by atoms with Crippen LogP contribution in [-0.4, -0.2) is 46.2 Å². The summed E-state index contributed by atoms with van der Waals surface area (Å²) in [5, 5.41) is 3.86. The van der Waals surface area contributed by atoms with Gasteiger partial charge < -0.3 is 5.32 Å². The molecule has 0 spiro atoms. The van der Waals surface area contributed by atoms with Crippen molar-refractivity contribution >= 4 is 29.3 Å². The van der Waals surface area contributed by atoms with Crippen molar-refractivity contribution in [3.8, 4) is 0 Å². The second-order valence-corrected chi connectivity index (χ2v) is 9.74. The first-order valence-electron chi connectivity index (χ1n) is 10.5. The molecule has 1 aromatic carbocycles. The van der Waals surface area contributed by atoms with Gasteiger partial charge in [0.2, 0.25) is 0 Å². The van der Waals surface area contributed by atoms with Crippen LogP contribution in [0.1, 0.15) is 69.2 Å². The van der Waals surface area contributed by atoms with E-state index in [1.54, 1.807) is 0 Å². The zero-order valence-electron chi connectivity index (χ0n) is 18.8. The van der Waals surface area contributed by atoms with Gasteiger partial charge in [0.1, 0.15) is 0 Å². The van der Waals surface area contributed by atoms with Gasteiger partial charge in [0.15, 0.2) is 10.9 Å². The Morgan fingerprint density at radius 3 is 2.33 bits per heavy atom. The molecule has 1 heterocycles. The number of likely N-dealkylation sites (N-methyl/N-ethyl adjacent to an activating group) is 1. The van der Waals surface area contributed by atoms with Gasteiger partial charge in [-0.1, -0.05) is 89.2 Å². The first kappa shape index (κ1) is 24.6. The van der Waals surface area contributed by atoms with Crippen molar-refractivity contribution in [3.05, 3.63) is 52.3 Å². The van der Waals surface area contributed by atoms with Crippen LogP contribution in [0.2, 0.25) is 5.02 Å². The Hall–Kier alpha value is -1.63. The van der Waals surface area contributed by atoms with E-state index in [0.29, 0.717) is 11.7 Å². The van der Waals surface area contributed by atoms with Crippen LogP contribution in [0.15, 0.2) is 35.6 Å². The van der Waals surface area contributed by atoms with Crippen LogP contribution in [0.3, 0.4) is 0 Å². The normalized spacial score (nSPS) is 12.8. The molecule has 1 atom stereocenters. The zero-order chi connectivity index (χ0) is 22.3. The molecule has 0 saturated heterocycles. The molecule has 0 aliphatic rings. The average Bonchev–Trinajstić information content (AvgIpc) is 2.72. The second kappa shape index (κ2) is 11.1. The summed E-state index contributed by atoms with van der Waals surface area (Å²) in [4.78, 5) is 23.7. The van der Waals surface area contributed by atoms with E-state index in [4.69, 9.17) is 11.6 Å². The van der Waals surface area contributed by atoms with Gasteiger partial charge in [0.05, 0.1) is 17.3 Å². The molecule has 1 N–H and O–H groups in total. The summed E-state index contributed by atoms with van der Waals surface area (Å²) in [6.07, 6.45) is 1.49. The van der Waals surface area contributed by atoms with Crippen LogP contribution in [0.4, 0.5) is 0 Å². The van der Waals surface area contributed by atoms with Gasteiger partial charge in [-0.3, -0.25) is 9.69 Å². The summed E-state index contributed by atoms with van der Waals surface area (Å²) in [6.45, 7) is 15.2. The van der Waals surface area contributed by atoms with E-state index < -0.39 is 0 Å². The first-order chi connectivity index (χ1) is 14.2. The summed E-state index contributed by atoms with van der Waals surface area (Å²) >= 11 is 7.68. The minimum absolute atomic E-state index is 0.0723. The molecule has 0 aliphatic heterocycles. The molecule has 0 radical (unpaired) electrons. The largest absolute Gasteiger partial charge is 0.349 e. The fourth-order valence-corrected chi connectivity index (χ4v) is 4.03. The highest BCUT2D eigenvalue weighted by atomic mass is 35.5. The molecule has 2 aromatic rings. The maximum absolute atomic E-state index is 12.8. The Kier molecular flexibility index (Phi) is 9.13. The molecule has 30 heavy (non-hydrogen) atoms. The van der Waals surface area contributed by atoms with Gasteiger partial charge in [-0.05, 0) is 35.4 Å². The Bertz CT molecular complexity index is 832. The van der Waals surface area contributed by atoms with Gasteiger partial charge in [0, 0.05) is 6.54 Å². The fourth-order valence-electron chi connectivity index (χ4n) is 3.31. The lowest BCUT2D eigenvalue weighted by atomic mass is 9.86. The Balaban J connectivity index is 2.21. The summed E-state index contributed by atoms with van der Waals surface area (Å²) in [5.74, 6) is 0.556. The maximum atomic E-state index is 12.8. The summed E-state index contributed by atoms with van der Waals surface area (Å²) < 4.78 is 0. The lowest BCUT2D eigenvalue weighted by Crippen LogP contribution is -2.38. The second-order valence-electron chi connectivity index (χ2n) is 8.10. The molecular weight excluding hydrogens is 416 g/mol. The monoisotopic (exact) mass is 448 g/mol. The molecule has 1 unspecified atom stereocenters. The zero-order valence-corrected chi connectivity index (χ0v) is 20.4. The van der Waals surface area contributed by atoms with Crippen molar-refractivity contribution in [2.24, 2.45) is 0 Å². The topological polar surface area (TPSA) is 58.1 Å². The van der Waals surface area contributed by atoms with E-state index in [2.05, 4.69) is 79.1 Å². The molecule has 1 amide bonds. The van der Waals surface area contributed by atoms with Crippen molar-refractivity contribution in [2.45, 2.75) is 58.2 Å². The van der Waals surface area contributed by atoms with Crippen LogP contribution >= 0.6 is 23.4 Å². The number of hydrogen-bond donors (Lipinski definition) is 1. The number of aromatic nitrogens is 2. The van der Waals surface area contributed by atoms with E-state index in [1.165, 1.54) is 29.1 Å². The number of hydrogen-bond acceptors (Lipinski definition) is 5. The molecular formula is C23H33ClN4OS. The van der Waals surface area contributed by atoms with Crippen LogP contribution in [0.25, 0.3) is 0 Å². The smallest absolute Gasteiger partial charge is 0.271 e.